The van der Waals surface area contributed by atoms with E-state index in [1.807, 2.05) is 0 Å². The van der Waals surface area contributed by atoms with Crippen molar-refractivity contribution in [3.63, 3.8) is 0 Å². The average molecular weight is 488 g/mol. The fourth-order valence-electron chi connectivity index (χ4n) is 2.60. The summed E-state index contributed by atoms with van der Waals surface area (Å²) in [4.78, 5) is 59.9. The van der Waals surface area contributed by atoms with Crippen molar-refractivity contribution in [2.45, 2.75) is 13.3 Å². The van der Waals surface area contributed by atoms with Gasteiger partial charge < -0.3 is 20.3 Å². The Morgan fingerprint density at radius 2 is 1.80 bits per heavy atom. The van der Waals surface area contributed by atoms with Crippen LogP contribution in [0.1, 0.15) is 23.7 Å². The smallest absolute Gasteiger partial charge is 0.328 e. The van der Waals surface area contributed by atoms with E-state index < -0.39 is 28.7 Å². The molecule has 0 fully saturated rings. The first-order chi connectivity index (χ1) is 16.6. The number of esters is 1. The summed E-state index contributed by atoms with van der Waals surface area (Å²) >= 11 is 0. The van der Waals surface area contributed by atoms with Gasteiger partial charge in [0, 0.05) is 43.6 Å². The van der Waals surface area contributed by atoms with Crippen LogP contribution in [0, 0.1) is 10.1 Å². The minimum Gasteiger partial charge on any atom is -0.478 e. The summed E-state index contributed by atoms with van der Waals surface area (Å²) in [5.41, 5.74) is 0.206. The number of aliphatic carboxylic acids is 2. The second kappa shape index (κ2) is 14.4. The molecule has 2 aromatic rings. The summed E-state index contributed by atoms with van der Waals surface area (Å²) in [7, 11) is 1.56. The van der Waals surface area contributed by atoms with Crippen molar-refractivity contribution in [2.75, 3.05) is 30.4 Å². The van der Waals surface area contributed by atoms with Crippen molar-refractivity contribution < 1.29 is 39.1 Å². The molecule has 0 spiro atoms. The lowest BCUT2D eigenvalue weighted by molar-refractivity contribution is -0.384. The number of carbonyl (C=O) groups excluding carboxylic acids is 2. The fraction of sp³-hybridized carbons (Fsp3) is 0.227. The Hall–Kier alpha value is -4.81. The van der Waals surface area contributed by atoms with Gasteiger partial charge in [0.25, 0.3) is 11.6 Å². The largest absolute Gasteiger partial charge is 0.478 e. The third-order valence-electron chi connectivity index (χ3n) is 4.10. The molecule has 0 bridgehead atoms. The number of anilines is 2. The monoisotopic (exact) mass is 488 g/mol. The van der Waals surface area contributed by atoms with Gasteiger partial charge in [0.15, 0.2) is 0 Å². The number of nitro benzene ring substituents is 1. The number of rotatable bonds is 10. The third-order valence-corrected chi connectivity index (χ3v) is 4.10. The van der Waals surface area contributed by atoms with Crippen LogP contribution in [-0.4, -0.2) is 64.1 Å². The number of carbonyl (C=O) groups is 4. The van der Waals surface area contributed by atoms with Crippen molar-refractivity contribution in [3.05, 3.63) is 70.4 Å². The lowest BCUT2D eigenvalue weighted by atomic mass is 10.1. The highest BCUT2D eigenvalue weighted by atomic mass is 16.6. The molecule has 1 amide bonds. The molecule has 186 valence electrons. The lowest BCUT2D eigenvalue weighted by Crippen LogP contribution is -2.34. The molecule has 13 heteroatoms. The maximum Gasteiger partial charge on any atom is 0.328 e. The summed E-state index contributed by atoms with van der Waals surface area (Å²) in [6.45, 7) is 1.98. The summed E-state index contributed by atoms with van der Waals surface area (Å²) in [6.07, 6.45) is 2.62. The first-order valence-electron chi connectivity index (χ1n) is 10.1. The zero-order valence-corrected chi connectivity index (χ0v) is 18.9. The maximum atomic E-state index is 13.0. The predicted molar refractivity (Wildman–Crippen MR) is 124 cm³/mol. The van der Waals surface area contributed by atoms with Crippen LogP contribution in [0.2, 0.25) is 0 Å². The Kier molecular flexibility index (Phi) is 11.6. The first kappa shape index (κ1) is 28.2. The van der Waals surface area contributed by atoms with Gasteiger partial charge in [-0.05, 0) is 31.2 Å². The fourth-order valence-corrected chi connectivity index (χ4v) is 2.60. The van der Waals surface area contributed by atoms with Crippen molar-refractivity contribution in [1.82, 2.24) is 4.98 Å². The number of nitro groups is 1. The minimum absolute atomic E-state index is 0.0210. The van der Waals surface area contributed by atoms with Gasteiger partial charge in [0.05, 0.1) is 18.0 Å². The highest BCUT2D eigenvalue weighted by Gasteiger charge is 2.23. The Balaban J connectivity index is 0.000000658. The first-order valence-corrected chi connectivity index (χ1v) is 10.1. The van der Waals surface area contributed by atoms with Gasteiger partial charge in [-0.15, -0.1) is 0 Å². The molecule has 1 heterocycles. The number of nitrogens with zero attached hydrogens (tertiary/aromatic N) is 3. The molecular formula is C22H24N4O9. The molecule has 1 aromatic carbocycles. The maximum absolute atomic E-state index is 13.0. The SMILES string of the molecule is CCOC(=O)CCN(C(=O)c1ccc(NC)c([N+](=O)[O-])c1)c1ccccn1.O=C(O)/C=C/C(=O)O. The lowest BCUT2D eigenvalue weighted by Gasteiger charge is -2.21. The van der Waals surface area contributed by atoms with E-state index in [-0.39, 0.29) is 30.8 Å². The Morgan fingerprint density at radius 3 is 2.29 bits per heavy atom. The van der Waals surface area contributed by atoms with E-state index in [9.17, 15) is 29.3 Å². The molecule has 2 rings (SSSR count). The quantitative estimate of drug-likeness (QED) is 0.193. The van der Waals surface area contributed by atoms with Gasteiger partial charge in [0.1, 0.15) is 11.5 Å². The number of pyridine rings is 1. The summed E-state index contributed by atoms with van der Waals surface area (Å²) in [6, 6.07) is 9.19. The number of hydrogen-bond donors (Lipinski definition) is 3. The van der Waals surface area contributed by atoms with E-state index in [1.54, 1.807) is 32.2 Å². The second-order valence-electron chi connectivity index (χ2n) is 6.45. The van der Waals surface area contributed by atoms with E-state index in [4.69, 9.17) is 14.9 Å². The highest BCUT2D eigenvalue weighted by molar-refractivity contribution is 6.06. The number of aromatic nitrogens is 1. The predicted octanol–water partition coefficient (Wildman–Crippen LogP) is 2.34. The van der Waals surface area contributed by atoms with Crippen molar-refractivity contribution >= 4 is 41.0 Å². The molecule has 0 saturated carbocycles. The number of nitrogens with one attached hydrogen (secondary N) is 1. The number of benzene rings is 1. The van der Waals surface area contributed by atoms with Crippen LogP contribution < -0.4 is 10.2 Å². The van der Waals surface area contributed by atoms with Gasteiger partial charge in [0.2, 0.25) is 0 Å². The van der Waals surface area contributed by atoms with Crippen LogP contribution in [0.15, 0.2) is 54.7 Å². The van der Waals surface area contributed by atoms with E-state index in [1.165, 1.54) is 29.3 Å². The molecule has 1 aromatic heterocycles. The standard InChI is InChI=1S/C18H20N4O5.C4H4O4/c1-3-27-17(23)9-11-21(16-6-4-5-10-20-16)18(24)13-7-8-14(19-2)15(12-13)22(25)26;5-3(6)1-2-4(7)8/h4-8,10,12,19H,3,9,11H2,1-2H3;1-2H,(H,5,6)(H,7,8)/b;2-1+. The normalized spacial score (nSPS) is 10.0. The van der Waals surface area contributed by atoms with Crippen molar-refractivity contribution in [1.29, 1.82) is 0 Å². The molecule has 0 aliphatic heterocycles. The van der Waals surface area contributed by atoms with Crippen LogP contribution in [0.5, 0.6) is 0 Å². The molecule has 0 aliphatic carbocycles. The van der Waals surface area contributed by atoms with Crippen LogP contribution in [0.25, 0.3) is 0 Å². The number of carboxylic acid groups (broad SMARTS) is 2. The number of hydrogen-bond acceptors (Lipinski definition) is 9. The highest BCUT2D eigenvalue weighted by Crippen LogP contribution is 2.26. The minimum atomic E-state index is -1.26. The van der Waals surface area contributed by atoms with Gasteiger partial charge >= 0.3 is 17.9 Å². The van der Waals surface area contributed by atoms with Gasteiger partial charge in [-0.1, -0.05) is 6.07 Å². The second-order valence-corrected chi connectivity index (χ2v) is 6.45. The molecule has 0 saturated heterocycles. The number of amides is 1. The van der Waals surface area contributed by atoms with Crippen molar-refractivity contribution in [3.8, 4) is 0 Å². The Bertz CT molecular complexity index is 1070. The number of ether oxygens (including phenoxy) is 1. The molecule has 0 unspecified atom stereocenters. The van der Waals surface area contributed by atoms with E-state index >= 15 is 0 Å². The molecule has 13 nitrogen and oxygen atoms in total. The molecule has 3 N–H and O–H groups in total. The summed E-state index contributed by atoms with van der Waals surface area (Å²) in [5, 5.41) is 29.6. The van der Waals surface area contributed by atoms with Gasteiger partial charge in [-0.25, -0.2) is 14.6 Å². The van der Waals surface area contributed by atoms with Crippen molar-refractivity contribution in [2.24, 2.45) is 0 Å². The topological polar surface area (TPSA) is 189 Å². The van der Waals surface area contributed by atoms with Crippen LogP contribution >= 0.6 is 0 Å². The van der Waals surface area contributed by atoms with Crippen LogP contribution in [0.3, 0.4) is 0 Å². The third kappa shape index (κ3) is 9.69. The van der Waals surface area contributed by atoms with E-state index in [0.29, 0.717) is 23.7 Å². The molecule has 0 radical (unpaired) electrons. The Morgan fingerprint density at radius 1 is 1.14 bits per heavy atom. The van der Waals surface area contributed by atoms with E-state index in [0.717, 1.165) is 0 Å². The summed E-state index contributed by atoms with van der Waals surface area (Å²) in [5.74, 6) is -3.11. The molecular weight excluding hydrogens is 464 g/mol. The Labute approximate surface area is 199 Å². The van der Waals surface area contributed by atoms with Crippen LogP contribution in [-0.2, 0) is 19.1 Å². The zero-order valence-electron chi connectivity index (χ0n) is 18.9. The van der Waals surface area contributed by atoms with Crippen LogP contribution in [0.4, 0.5) is 17.2 Å². The molecule has 35 heavy (non-hydrogen) atoms. The summed E-state index contributed by atoms with van der Waals surface area (Å²) < 4.78 is 4.90. The van der Waals surface area contributed by atoms with Gasteiger partial charge in [-0.2, -0.15) is 0 Å². The zero-order chi connectivity index (χ0) is 26.4. The van der Waals surface area contributed by atoms with Gasteiger partial charge in [-0.3, -0.25) is 24.6 Å². The average Bonchev–Trinajstić information content (AvgIpc) is 2.83. The number of carboxylic acids is 2. The molecule has 0 aliphatic rings. The van der Waals surface area contributed by atoms with E-state index in [2.05, 4.69) is 10.3 Å². The molecule has 0 atom stereocenters.